The third-order valence-corrected chi connectivity index (χ3v) is 5.90. The fourth-order valence-corrected chi connectivity index (χ4v) is 3.78. The van der Waals surface area contributed by atoms with E-state index in [9.17, 15) is 22.8 Å². The molecule has 0 aromatic heterocycles. The quantitative estimate of drug-likeness (QED) is 0.232. The molecule has 3 aromatic rings. The maximum Gasteiger partial charge on any atom is 0.416 e. The molecule has 3 aromatic carbocycles. The maximum atomic E-state index is 12.8. The zero-order valence-electron chi connectivity index (χ0n) is 21.1. The van der Waals surface area contributed by atoms with Gasteiger partial charge in [0.1, 0.15) is 12.4 Å². The van der Waals surface area contributed by atoms with E-state index in [0.717, 1.165) is 42.6 Å². The van der Waals surface area contributed by atoms with Gasteiger partial charge in [0.05, 0.1) is 18.0 Å². The number of aliphatic carboxylic acids is 1. The number of carboxylic acids is 1. The van der Waals surface area contributed by atoms with Gasteiger partial charge in [0.15, 0.2) is 0 Å². The lowest BCUT2D eigenvalue weighted by atomic mass is 10.0. The zero-order chi connectivity index (χ0) is 27.5. The van der Waals surface area contributed by atoms with Crippen LogP contribution in [0.5, 0.6) is 5.75 Å². The predicted octanol–water partition coefficient (Wildman–Crippen LogP) is 6.63. The van der Waals surface area contributed by atoms with Crippen molar-refractivity contribution in [2.24, 2.45) is 0 Å². The second-order valence-corrected chi connectivity index (χ2v) is 8.87. The number of amides is 1. The first-order chi connectivity index (χ1) is 18.2. The summed E-state index contributed by atoms with van der Waals surface area (Å²) in [5, 5.41) is 14.7. The number of hydrogen-bond acceptors (Lipinski definition) is 4. The fourth-order valence-electron chi connectivity index (χ4n) is 3.78. The summed E-state index contributed by atoms with van der Waals surface area (Å²) in [7, 11) is 0. The van der Waals surface area contributed by atoms with E-state index in [2.05, 4.69) is 17.6 Å². The van der Waals surface area contributed by atoms with Gasteiger partial charge in [-0.3, -0.25) is 9.59 Å². The number of alkyl halides is 3. The highest BCUT2D eigenvalue weighted by atomic mass is 19.4. The van der Waals surface area contributed by atoms with Crippen LogP contribution in [-0.2, 0) is 11.0 Å². The third-order valence-electron chi connectivity index (χ3n) is 5.90. The van der Waals surface area contributed by atoms with Crippen LogP contribution < -0.4 is 15.4 Å². The van der Waals surface area contributed by atoms with E-state index in [-0.39, 0.29) is 24.9 Å². The topological polar surface area (TPSA) is 87.7 Å². The first-order valence-electron chi connectivity index (χ1n) is 12.4. The van der Waals surface area contributed by atoms with Gasteiger partial charge in [-0.1, -0.05) is 44.0 Å². The highest BCUT2D eigenvalue weighted by Crippen LogP contribution is 2.31. The van der Waals surface area contributed by atoms with Gasteiger partial charge in [-0.2, -0.15) is 13.2 Å². The summed E-state index contributed by atoms with van der Waals surface area (Å²) < 4.78 is 44.4. The van der Waals surface area contributed by atoms with Crippen LogP contribution in [0.3, 0.4) is 0 Å². The van der Waals surface area contributed by atoms with Crippen LogP contribution in [0, 0.1) is 0 Å². The van der Waals surface area contributed by atoms with Crippen molar-refractivity contribution in [2.45, 2.75) is 44.8 Å². The van der Waals surface area contributed by atoms with Crippen molar-refractivity contribution in [3.8, 4) is 16.9 Å². The molecule has 0 aliphatic heterocycles. The number of hydrogen-bond donors (Lipinski definition) is 3. The van der Waals surface area contributed by atoms with Crippen LogP contribution in [0.15, 0.2) is 72.8 Å². The number of unbranched alkanes of at least 4 members (excludes halogenated alkanes) is 1. The summed E-state index contributed by atoms with van der Waals surface area (Å²) in [6.07, 6.45) is -1.61. The van der Waals surface area contributed by atoms with E-state index in [1.807, 2.05) is 12.1 Å². The first kappa shape index (κ1) is 28.6. The second kappa shape index (κ2) is 13.5. The molecule has 202 valence electrons. The molecule has 3 N–H and O–H groups in total. The Labute approximate surface area is 219 Å². The van der Waals surface area contributed by atoms with Crippen LogP contribution in [0.4, 0.5) is 18.9 Å². The van der Waals surface area contributed by atoms with E-state index >= 15 is 0 Å². The number of nitrogens with one attached hydrogen (secondary N) is 2. The lowest BCUT2D eigenvalue weighted by molar-refractivity contribution is -0.138. The van der Waals surface area contributed by atoms with E-state index < -0.39 is 17.7 Å². The molecule has 0 aliphatic rings. The van der Waals surface area contributed by atoms with Crippen molar-refractivity contribution in [2.75, 3.05) is 18.5 Å². The van der Waals surface area contributed by atoms with Gasteiger partial charge >= 0.3 is 12.1 Å². The van der Waals surface area contributed by atoms with Crippen LogP contribution in [-0.4, -0.2) is 36.2 Å². The molecular weight excluding hydrogens is 497 g/mol. The molecule has 3 rings (SSSR count). The van der Waals surface area contributed by atoms with E-state index in [0.29, 0.717) is 23.5 Å². The smallest absolute Gasteiger partial charge is 0.416 e. The molecule has 0 spiro atoms. The van der Waals surface area contributed by atoms with Crippen molar-refractivity contribution in [3.63, 3.8) is 0 Å². The SMILES string of the molecule is CCCC[C@@H](COc1ccc(-c2ccc(C(F)(F)F)cc2)cc1)Nc1ccc(C(=O)NCCC(=O)O)cc1. The normalized spacial score (nSPS) is 12.0. The molecular formula is C29H31F3N2O4. The maximum absolute atomic E-state index is 12.8. The van der Waals surface area contributed by atoms with Crippen LogP contribution in [0.2, 0.25) is 0 Å². The summed E-state index contributed by atoms with van der Waals surface area (Å²) in [5.74, 6) is -0.652. The summed E-state index contributed by atoms with van der Waals surface area (Å²) >= 11 is 0. The Morgan fingerprint density at radius 3 is 2.08 bits per heavy atom. The molecule has 6 nitrogen and oxygen atoms in total. The molecule has 0 saturated carbocycles. The monoisotopic (exact) mass is 528 g/mol. The third kappa shape index (κ3) is 8.83. The van der Waals surface area contributed by atoms with Crippen molar-refractivity contribution in [1.29, 1.82) is 0 Å². The molecule has 1 atom stereocenters. The highest BCUT2D eigenvalue weighted by molar-refractivity contribution is 5.94. The van der Waals surface area contributed by atoms with Crippen molar-refractivity contribution in [3.05, 3.63) is 83.9 Å². The minimum atomic E-state index is -4.36. The highest BCUT2D eigenvalue weighted by Gasteiger charge is 2.29. The van der Waals surface area contributed by atoms with Gasteiger partial charge < -0.3 is 20.5 Å². The number of carboxylic acid groups (broad SMARTS) is 1. The van der Waals surface area contributed by atoms with Gasteiger partial charge in [-0.05, 0) is 66.1 Å². The van der Waals surface area contributed by atoms with Gasteiger partial charge in [0, 0.05) is 17.8 Å². The Kier molecular flexibility index (Phi) is 10.2. The number of halogens is 3. The average molecular weight is 529 g/mol. The number of ether oxygens (including phenoxy) is 1. The van der Waals surface area contributed by atoms with Gasteiger partial charge in [-0.25, -0.2) is 0 Å². The lowest BCUT2D eigenvalue weighted by Crippen LogP contribution is -2.27. The Morgan fingerprint density at radius 1 is 0.921 bits per heavy atom. The minimum Gasteiger partial charge on any atom is -0.491 e. The summed E-state index contributed by atoms with van der Waals surface area (Å²) in [5.41, 5.74) is 2.07. The molecule has 0 aliphatic carbocycles. The van der Waals surface area contributed by atoms with Crippen molar-refractivity contribution >= 4 is 17.6 Å². The van der Waals surface area contributed by atoms with Crippen molar-refractivity contribution < 1.29 is 32.6 Å². The molecule has 1 amide bonds. The second-order valence-electron chi connectivity index (χ2n) is 8.87. The molecule has 0 fully saturated rings. The molecule has 0 saturated heterocycles. The van der Waals surface area contributed by atoms with E-state index in [1.54, 1.807) is 36.4 Å². The molecule has 9 heteroatoms. The predicted molar refractivity (Wildman–Crippen MR) is 140 cm³/mol. The summed E-state index contributed by atoms with van der Waals surface area (Å²) in [6, 6.07) is 19.2. The van der Waals surface area contributed by atoms with Gasteiger partial charge in [0.2, 0.25) is 0 Å². The van der Waals surface area contributed by atoms with E-state index in [1.165, 1.54) is 12.1 Å². The standard InChI is InChI=1S/C29H31F3N2O4/c1-2-3-4-25(34-24-13-7-22(8-14-24)28(37)33-18-17-27(35)36)19-38-26-15-9-21(10-16-26)20-5-11-23(12-6-20)29(30,31)32/h5-16,25,34H,2-4,17-19H2,1H3,(H,33,37)(H,35,36)/t25-/m0/s1. The molecule has 0 unspecified atom stereocenters. The molecule has 0 heterocycles. The van der Waals surface area contributed by atoms with Gasteiger partial charge in [-0.15, -0.1) is 0 Å². The van der Waals surface area contributed by atoms with E-state index in [4.69, 9.17) is 9.84 Å². The number of anilines is 1. The Balaban J connectivity index is 1.56. The summed E-state index contributed by atoms with van der Waals surface area (Å²) in [6.45, 7) is 2.57. The number of carbonyl (C=O) groups excluding carboxylic acids is 1. The number of rotatable bonds is 13. The van der Waals surface area contributed by atoms with Gasteiger partial charge in [0.25, 0.3) is 5.91 Å². The molecule has 0 radical (unpaired) electrons. The Morgan fingerprint density at radius 2 is 1.53 bits per heavy atom. The molecule has 0 bridgehead atoms. The van der Waals surface area contributed by atoms with Crippen LogP contribution in [0.25, 0.3) is 11.1 Å². The first-order valence-corrected chi connectivity index (χ1v) is 12.4. The number of benzene rings is 3. The fraction of sp³-hybridized carbons (Fsp3) is 0.310. The summed E-state index contributed by atoms with van der Waals surface area (Å²) in [4.78, 5) is 22.7. The largest absolute Gasteiger partial charge is 0.491 e. The van der Waals surface area contributed by atoms with Crippen LogP contribution in [0.1, 0.15) is 48.5 Å². The lowest BCUT2D eigenvalue weighted by Gasteiger charge is -2.21. The zero-order valence-corrected chi connectivity index (χ0v) is 21.1. The van der Waals surface area contributed by atoms with Crippen LogP contribution >= 0.6 is 0 Å². The Hall–Kier alpha value is -4.01. The molecule has 38 heavy (non-hydrogen) atoms. The Bertz CT molecular complexity index is 1180. The number of carbonyl (C=O) groups is 2. The minimum absolute atomic E-state index is 0.0137. The van der Waals surface area contributed by atoms with Crippen molar-refractivity contribution in [1.82, 2.24) is 5.32 Å². The average Bonchev–Trinajstić information content (AvgIpc) is 2.90.